The first-order valence-electron chi connectivity index (χ1n) is 9.04. The number of aliphatic hydroxyl groups excluding tert-OH is 1. The van der Waals surface area contributed by atoms with Gasteiger partial charge in [0, 0.05) is 17.2 Å². The van der Waals surface area contributed by atoms with E-state index in [0.29, 0.717) is 11.7 Å². The molecule has 1 aromatic carbocycles. The monoisotopic (exact) mass is 329 g/mol. The Labute approximate surface area is 145 Å². The van der Waals surface area contributed by atoms with Crippen molar-refractivity contribution in [1.82, 2.24) is 0 Å². The zero-order valence-electron chi connectivity index (χ0n) is 15.8. The highest BCUT2D eigenvalue weighted by Crippen LogP contribution is 2.66. The quantitative estimate of drug-likeness (QED) is 0.795. The predicted octanol–water partition coefficient (Wildman–Crippen LogP) is 4.29. The molecule has 0 unspecified atom stereocenters. The van der Waals surface area contributed by atoms with Crippen LogP contribution in [0, 0.1) is 16.7 Å². The summed E-state index contributed by atoms with van der Waals surface area (Å²) in [5.74, 6) is 0.707. The Kier molecular flexibility index (Phi) is 3.87. The van der Waals surface area contributed by atoms with Gasteiger partial charge in [0.2, 0.25) is 0 Å². The summed E-state index contributed by atoms with van der Waals surface area (Å²) in [7, 11) is 0. The predicted molar refractivity (Wildman–Crippen MR) is 98.8 cm³/mol. The number of hydrogen-bond donors (Lipinski definition) is 2. The van der Waals surface area contributed by atoms with Gasteiger partial charge >= 0.3 is 0 Å². The fraction of sp³-hybridized carbons (Fsp3) is 0.667. The number of aliphatic hydroxyl groups is 1. The molecular weight excluding hydrogens is 298 g/mol. The van der Waals surface area contributed by atoms with Crippen LogP contribution in [0.5, 0.6) is 5.75 Å². The van der Waals surface area contributed by atoms with E-state index < -0.39 is 6.10 Å². The number of benzene rings is 1. The van der Waals surface area contributed by atoms with E-state index in [2.05, 4.69) is 41.5 Å². The molecule has 3 nitrogen and oxygen atoms in total. The first-order chi connectivity index (χ1) is 11.0. The summed E-state index contributed by atoms with van der Waals surface area (Å²) in [5, 5.41) is 21.4. The molecule has 2 bridgehead atoms. The number of nitrogens with zero attached hydrogens (tertiary/aromatic N) is 1. The van der Waals surface area contributed by atoms with Crippen LogP contribution in [-0.4, -0.2) is 28.6 Å². The molecule has 2 saturated carbocycles. The Hall–Kier alpha value is -1.35. The van der Waals surface area contributed by atoms with Gasteiger partial charge in [-0.3, -0.25) is 4.99 Å². The Balaban J connectivity index is 1.91. The molecule has 2 aliphatic carbocycles. The molecule has 24 heavy (non-hydrogen) atoms. The molecule has 2 aliphatic rings. The molecule has 0 aliphatic heterocycles. The number of hydrogen-bond acceptors (Lipinski definition) is 3. The van der Waals surface area contributed by atoms with Crippen molar-refractivity contribution in [2.75, 3.05) is 0 Å². The van der Waals surface area contributed by atoms with Crippen LogP contribution in [0.3, 0.4) is 0 Å². The van der Waals surface area contributed by atoms with Gasteiger partial charge in [0.1, 0.15) is 5.75 Å². The normalized spacial score (nSPS) is 35.0. The molecule has 0 aromatic heterocycles. The van der Waals surface area contributed by atoms with Gasteiger partial charge in [-0.15, -0.1) is 0 Å². The van der Waals surface area contributed by atoms with Crippen molar-refractivity contribution >= 4 is 6.21 Å². The van der Waals surface area contributed by atoms with Gasteiger partial charge < -0.3 is 10.2 Å². The second-order valence-electron chi connectivity index (χ2n) is 9.49. The summed E-state index contributed by atoms with van der Waals surface area (Å²) in [6, 6.07) is 5.74. The Morgan fingerprint density at radius 2 is 1.88 bits per heavy atom. The Bertz CT molecular complexity index is 671. The minimum absolute atomic E-state index is 0.0605. The van der Waals surface area contributed by atoms with Gasteiger partial charge in [-0.2, -0.15) is 0 Å². The molecule has 0 saturated heterocycles. The number of aliphatic imine (C=N–C) groups is 1. The lowest BCUT2D eigenvalue weighted by molar-refractivity contribution is 0.00624. The van der Waals surface area contributed by atoms with Crippen LogP contribution in [0.15, 0.2) is 23.2 Å². The van der Waals surface area contributed by atoms with Crippen LogP contribution in [-0.2, 0) is 5.41 Å². The first-order valence-corrected chi connectivity index (χ1v) is 9.04. The lowest BCUT2D eigenvalue weighted by Crippen LogP contribution is -2.39. The van der Waals surface area contributed by atoms with Crippen molar-refractivity contribution in [1.29, 1.82) is 0 Å². The maximum Gasteiger partial charge on any atom is 0.128 e. The third-order valence-electron chi connectivity index (χ3n) is 7.02. The first kappa shape index (κ1) is 17.5. The second kappa shape index (κ2) is 5.32. The molecule has 3 heteroatoms. The van der Waals surface area contributed by atoms with Crippen molar-refractivity contribution in [3.8, 4) is 5.75 Å². The van der Waals surface area contributed by atoms with Gasteiger partial charge in [-0.1, -0.05) is 53.7 Å². The van der Waals surface area contributed by atoms with Crippen molar-refractivity contribution in [2.45, 2.75) is 71.9 Å². The highest BCUT2D eigenvalue weighted by molar-refractivity contribution is 5.84. The number of para-hydroxylation sites is 1. The Morgan fingerprint density at radius 1 is 1.21 bits per heavy atom. The van der Waals surface area contributed by atoms with Gasteiger partial charge in [-0.25, -0.2) is 0 Å². The van der Waals surface area contributed by atoms with Crippen LogP contribution in [0.1, 0.15) is 65.5 Å². The minimum Gasteiger partial charge on any atom is -0.507 e. The van der Waals surface area contributed by atoms with E-state index >= 15 is 0 Å². The van der Waals surface area contributed by atoms with Crippen LogP contribution >= 0.6 is 0 Å². The van der Waals surface area contributed by atoms with E-state index in [0.717, 1.165) is 24.0 Å². The van der Waals surface area contributed by atoms with E-state index in [-0.39, 0.29) is 22.3 Å². The lowest BCUT2D eigenvalue weighted by atomic mass is 9.70. The molecule has 2 fully saturated rings. The smallest absolute Gasteiger partial charge is 0.128 e. The molecule has 1 aromatic rings. The zero-order valence-corrected chi connectivity index (χ0v) is 15.8. The molecule has 132 valence electrons. The number of phenols is 1. The van der Waals surface area contributed by atoms with Gasteiger partial charge in [0.05, 0.1) is 12.1 Å². The maximum atomic E-state index is 10.8. The fourth-order valence-electron chi connectivity index (χ4n) is 4.91. The summed E-state index contributed by atoms with van der Waals surface area (Å²) in [5.41, 5.74) is 1.58. The third-order valence-corrected chi connectivity index (χ3v) is 7.02. The van der Waals surface area contributed by atoms with E-state index in [4.69, 9.17) is 4.99 Å². The topological polar surface area (TPSA) is 52.8 Å². The maximum absolute atomic E-state index is 10.8. The van der Waals surface area contributed by atoms with Gasteiger partial charge in [0.15, 0.2) is 0 Å². The fourth-order valence-corrected chi connectivity index (χ4v) is 4.91. The molecule has 3 rings (SSSR count). The van der Waals surface area contributed by atoms with E-state index in [1.54, 1.807) is 6.21 Å². The molecule has 4 atom stereocenters. The van der Waals surface area contributed by atoms with Gasteiger partial charge in [0.25, 0.3) is 0 Å². The van der Waals surface area contributed by atoms with Crippen LogP contribution < -0.4 is 0 Å². The lowest BCUT2D eigenvalue weighted by Gasteiger charge is -2.36. The standard InChI is InChI=1S/C21H31NO2/c1-19(2,3)15-9-7-8-13(17(15)23)12-22-16-14-10-11-21(6,18(16)24)20(14,4)5/h7-9,12,14,16,18,23-24H,10-11H2,1-6H3/t14-,16-,18-,21+/m1/s1. The summed E-state index contributed by atoms with van der Waals surface area (Å²) in [6.07, 6.45) is 3.55. The SMILES string of the molecule is CC(C)(C)c1cccc(C=N[C@@H]2[C@H]3CC[C@@](C)([C@@H]2O)C3(C)C)c1O. The van der Waals surface area contributed by atoms with Crippen LogP contribution in [0.4, 0.5) is 0 Å². The molecule has 0 spiro atoms. The van der Waals surface area contributed by atoms with Crippen molar-refractivity contribution in [3.05, 3.63) is 29.3 Å². The van der Waals surface area contributed by atoms with E-state index in [9.17, 15) is 10.2 Å². The number of aromatic hydroxyl groups is 1. The summed E-state index contributed by atoms with van der Waals surface area (Å²) < 4.78 is 0. The van der Waals surface area contributed by atoms with Crippen LogP contribution in [0.25, 0.3) is 0 Å². The van der Waals surface area contributed by atoms with Crippen LogP contribution in [0.2, 0.25) is 0 Å². The van der Waals surface area contributed by atoms with Crippen molar-refractivity contribution in [2.24, 2.45) is 21.7 Å². The third kappa shape index (κ3) is 2.32. The molecular formula is C21H31NO2. The minimum atomic E-state index is -0.407. The molecule has 0 heterocycles. The van der Waals surface area contributed by atoms with Crippen molar-refractivity contribution in [3.63, 3.8) is 0 Å². The largest absolute Gasteiger partial charge is 0.507 e. The highest BCUT2D eigenvalue weighted by Gasteiger charge is 2.65. The summed E-state index contributed by atoms with van der Waals surface area (Å²) >= 11 is 0. The molecule has 0 radical (unpaired) electrons. The number of rotatable bonds is 2. The Morgan fingerprint density at radius 3 is 2.42 bits per heavy atom. The highest BCUT2D eigenvalue weighted by atomic mass is 16.3. The summed E-state index contributed by atoms with van der Waals surface area (Å²) in [4.78, 5) is 4.75. The average Bonchev–Trinajstić information content (AvgIpc) is 2.78. The van der Waals surface area contributed by atoms with E-state index in [1.807, 2.05) is 18.2 Å². The summed E-state index contributed by atoms with van der Waals surface area (Å²) in [6.45, 7) is 13.0. The second-order valence-corrected chi connectivity index (χ2v) is 9.49. The average molecular weight is 329 g/mol. The zero-order chi connectivity index (χ0) is 17.9. The molecule has 2 N–H and O–H groups in total. The van der Waals surface area contributed by atoms with Crippen molar-refractivity contribution < 1.29 is 10.2 Å². The van der Waals surface area contributed by atoms with E-state index in [1.165, 1.54) is 0 Å². The molecule has 0 amide bonds. The number of phenolic OH excluding ortho intramolecular Hbond substituents is 1. The number of fused-ring (bicyclic) bond motifs is 2. The van der Waals surface area contributed by atoms with Gasteiger partial charge in [-0.05, 0) is 41.2 Å².